The lowest BCUT2D eigenvalue weighted by molar-refractivity contribution is -0.120. The van der Waals surface area contributed by atoms with Crippen LogP contribution in [0.3, 0.4) is 0 Å². The number of benzene rings is 2. The fourth-order valence-corrected chi connectivity index (χ4v) is 3.64. The van der Waals surface area contributed by atoms with Gasteiger partial charge in [0.15, 0.2) is 0 Å². The second-order valence-electron chi connectivity index (χ2n) is 7.31. The van der Waals surface area contributed by atoms with Crippen molar-refractivity contribution in [3.8, 4) is 0 Å². The molecule has 0 aromatic heterocycles. The molecule has 0 aliphatic carbocycles. The van der Waals surface area contributed by atoms with Crippen molar-refractivity contribution < 1.29 is 14.0 Å². The molecular weight excluding hydrogens is 369 g/mol. The molecule has 2 aromatic rings. The number of para-hydroxylation sites is 1. The Bertz CT molecular complexity index is 841. The Balaban J connectivity index is 1.57. The Morgan fingerprint density at radius 2 is 1.59 bits per heavy atom. The van der Waals surface area contributed by atoms with E-state index in [4.69, 9.17) is 0 Å². The van der Waals surface area contributed by atoms with Crippen molar-refractivity contribution in [2.24, 2.45) is 5.92 Å². The summed E-state index contributed by atoms with van der Waals surface area (Å²) < 4.78 is 14.0. The molecule has 0 saturated carbocycles. The van der Waals surface area contributed by atoms with E-state index in [0.29, 0.717) is 43.1 Å². The number of nitrogens with zero attached hydrogens (tertiary/aromatic N) is 2. The van der Waals surface area contributed by atoms with Crippen molar-refractivity contribution in [1.82, 2.24) is 4.90 Å². The number of hydrogen-bond acceptors (Lipinski definition) is 3. The lowest BCUT2D eigenvalue weighted by Gasteiger charge is -2.36. The molecule has 0 bridgehead atoms. The fourth-order valence-electron chi connectivity index (χ4n) is 3.64. The number of halogens is 1. The van der Waals surface area contributed by atoms with Crippen LogP contribution in [0, 0.1) is 11.7 Å². The number of hydrogen-bond donors (Lipinski definition) is 1. The molecule has 2 amide bonds. The third kappa shape index (κ3) is 4.94. The zero-order chi connectivity index (χ0) is 20.8. The molecule has 1 aliphatic rings. The zero-order valence-electron chi connectivity index (χ0n) is 17.0. The maximum atomic E-state index is 14.0. The highest BCUT2D eigenvalue weighted by atomic mass is 19.1. The number of rotatable bonds is 6. The average Bonchev–Trinajstić information content (AvgIpc) is 2.75. The first-order chi connectivity index (χ1) is 14.0. The highest BCUT2D eigenvalue weighted by Crippen LogP contribution is 2.21. The van der Waals surface area contributed by atoms with Crippen molar-refractivity contribution in [3.63, 3.8) is 0 Å². The zero-order valence-corrected chi connectivity index (χ0v) is 17.0. The van der Waals surface area contributed by atoms with E-state index in [-0.39, 0.29) is 23.5 Å². The minimum absolute atomic E-state index is 0.00190. The molecule has 0 spiro atoms. The summed E-state index contributed by atoms with van der Waals surface area (Å²) in [7, 11) is 0. The van der Waals surface area contributed by atoms with Gasteiger partial charge in [-0.2, -0.15) is 0 Å². The van der Waals surface area contributed by atoms with Crippen molar-refractivity contribution >= 4 is 23.2 Å². The molecule has 1 heterocycles. The first kappa shape index (κ1) is 20.8. The van der Waals surface area contributed by atoms with Crippen molar-refractivity contribution in [3.05, 3.63) is 59.9 Å². The highest BCUT2D eigenvalue weighted by molar-refractivity contribution is 5.96. The van der Waals surface area contributed by atoms with Gasteiger partial charge in [0.05, 0.1) is 5.69 Å². The number of anilines is 2. The summed E-state index contributed by atoms with van der Waals surface area (Å²) in [5.74, 6) is -0.269. The third-order valence-corrected chi connectivity index (χ3v) is 5.52. The first-order valence-electron chi connectivity index (χ1n) is 10.2. The molecule has 0 unspecified atom stereocenters. The molecule has 2 aromatic carbocycles. The fraction of sp³-hybridized carbons (Fsp3) is 0.391. The molecule has 1 saturated heterocycles. The van der Waals surface area contributed by atoms with E-state index in [9.17, 15) is 14.0 Å². The van der Waals surface area contributed by atoms with Crippen LogP contribution < -0.4 is 10.2 Å². The SMILES string of the molecule is CCC(CC)C(=O)Nc1ccc(C(=O)N2CCN(c3ccccc3F)CC2)cc1. The quantitative estimate of drug-likeness (QED) is 0.796. The summed E-state index contributed by atoms with van der Waals surface area (Å²) in [4.78, 5) is 28.7. The monoisotopic (exact) mass is 397 g/mol. The van der Waals surface area contributed by atoms with Gasteiger partial charge < -0.3 is 15.1 Å². The molecule has 0 atom stereocenters. The Hall–Kier alpha value is -2.89. The first-order valence-corrected chi connectivity index (χ1v) is 10.2. The number of carbonyl (C=O) groups is 2. The van der Waals surface area contributed by atoms with Gasteiger partial charge >= 0.3 is 0 Å². The minimum atomic E-state index is -0.238. The van der Waals surface area contributed by atoms with Crippen molar-refractivity contribution in [2.45, 2.75) is 26.7 Å². The maximum absolute atomic E-state index is 14.0. The minimum Gasteiger partial charge on any atom is -0.366 e. The summed E-state index contributed by atoms with van der Waals surface area (Å²) in [6.07, 6.45) is 1.61. The Morgan fingerprint density at radius 1 is 0.966 bits per heavy atom. The number of amides is 2. The van der Waals surface area contributed by atoms with Gasteiger partial charge in [0.25, 0.3) is 5.91 Å². The van der Waals surface area contributed by atoms with Gasteiger partial charge in [-0.15, -0.1) is 0 Å². The van der Waals surface area contributed by atoms with Crippen LogP contribution in [-0.2, 0) is 4.79 Å². The van der Waals surface area contributed by atoms with Gasteiger partial charge in [0, 0.05) is 43.3 Å². The second kappa shape index (κ2) is 9.54. The highest BCUT2D eigenvalue weighted by Gasteiger charge is 2.23. The van der Waals surface area contributed by atoms with Gasteiger partial charge in [0.1, 0.15) is 5.82 Å². The van der Waals surface area contributed by atoms with Crippen LogP contribution in [0.4, 0.5) is 15.8 Å². The van der Waals surface area contributed by atoms with Crippen molar-refractivity contribution in [2.75, 3.05) is 36.4 Å². The molecule has 154 valence electrons. The van der Waals surface area contributed by atoms with E-state index >= 15 is 0 Å². The van der Waals surface area contributed by atoms with Crippen LogP contribution >= 0.6 is 0 Å². The predicted molar refractivity (Wildman–Crippen MR) is 114 cm³/mol. The average molecular weight is 397 g/mol. The third-order valence-electron chi connectivity index (χ3n) is 5.52. The molecule has 1 aliphatic heterocycles. The van der Waals surface area contributed by atoms with Crippen LogP contribution in [0.1, 0.15) is 37.0 Å². The van der Waals surface area contributed by atoms with Crippen molar-refractivity contribution in [1.29, 1.82) is 0 Å². The molecule has 6 heteroatoms. The van der Waals surface area contributed by atoms with Crippen LogP contribution in [0.15, 0.2) is 48.5 Å². The van der Waals surface area contributed by atoms with Gasteiger partial charge in [0.2, 0.25) is 5.91 Å². The molecular formula is C23H28FN3O2. The van der Waals surface area contributed by atoms with E-state index in [2.05, 4.69) is 5.32 Å². The number of nitrogens with one attached hydrogen (secondary N) is 1. The van der Waals surface area contributed by atoms with E-state index in [1.807, 2.05) is 24.8 Å². The van der Waals surface area contributed by atoms with E-state index in [1.165, 1.54) is 6.07 Å². The number of piperazine rings is 1. The largest absolute Gasteiger partial charge is 0.366 e. The van der Waals surface area contributed by atoms with Crippen LogP contribution in [-0.4, -0.2) is 42.9 Å². The standard InChI is InChI=1S/C23H28FN3O2/c1-3-17(4-2)22(28)25-19-11-9-18(10-12-19)23(29)27-15-13-26(14-16-27)21-8-6-5-7-20(21)24/h5-12,17H,3-4,13-16H2,1-2H3,(H,25,28). The summed E-state index contributed by atoms with van der Waals surface area (Å²) in [5.41, 5.74) is 1.87. The molecule has 3 rings (SSSR count). The molecule has 5 nitrogen and oxygen atoms in total. The summed E-state index contributed by atoms with van der Waals surface area (Å²) in [6.45, 7) is 6.27. The second-order valence-corrected chi connectivity index (χ2v) is 7.31. The van der Waals surface area contributed by atoms with Crippen LogP contribution in [0.5, 0.6) is 0 Å². The van der Waals surface area contributed by atoms with Gasteiger partial charge in [-0.1, -0.05) is 26.0 Å². The topological polar surface area (TPSA) is 52.7 Å². The van der Waals surface area contributed by atoms with E-state index in [1.54, 1.807) is 41.3 Å². The smallest absolute Gasteiger partial charge is 0.253 e. The lowest BCUT2D eigenvalue weighted by Crippen LogP contribution is -2.49. The molecule has 0 radical (unpaired) electrons. The maximum Gasteiger partial charge on any atom is 0.253 e. The van der Waals surface area contributed by atoms with Crippen LogP contribution in [0.25, 0.3) is 0 Å². The lowest BCUT2D eigenvalue weighted by atomic mass is 10.0. The van der Waals surface area contributed by atoms with E-state index in [0.717, 1.165) is 12.8 Å². The van der Waals surface area contributed by atoms with Gasteiger partial charge in [-0.3, -0.25) is 9.59 Å². The summed E-state index contributed by atoms with van der Waals surface area (Å²) in [6, 6.07) is 13.7. The van der Waals surface area contributed by atoms with Crippen LogP contribution in [0.2, 0.25) is 0 Å². The molecule has 29 heavy (non-hydrogen) atoms. The predicted octanol–water partition coefficient (Wildman–Crippen LogP) is 4.16. The molecule has 1 fully saturated rings. The van der Waals surface area contributed by atoms with E-state index < -0.39 is 0 Å². The number of carbonyl (C=O) groups excluding carboxylic acids is 2. The Kier molecular flexibility index (Phi) is 6.86. The van der Waals surface area contributed by atoms with Gasteiger partial charge in [-0.25, -0.2) is 4.39 Å². The molecule has 1 N–H and O–H groups in total. The Labute approximate surface area is 171 Å². The normalized spacial score (nSPS) is 14.2. The summed E-state index contributed by atoms with van der Waals surface area (Å²) in [5, 5.41) is 2.91. The summed E-state index contributed by atoms with van der Waals surface area (Å²) >= 11 is 0. The Morgan fingerprint density at radius 3 is 2.17 bits per heavy atom. The van der Waals surface area contributed by atoms with Gasteiger partial charge in [-0.05, 0) is 49.2 Å².